The number of rotatable bonds is 8. The third-order valence-corrected chi connectivity index (χ3v) is 8.26. The molecule has 1 N–H and O–H groups in total. The normalized spacial score (nSPS) is 11.4. The minimum Gasteiger partial charge on any atom is -0.272 e. The van der Waals surface area contributed by atoms with Gasteiger partial charge in [-0.3, -0.25) is 4.79 Å². The monoisotopic (exact) mass is 470 g/mol. The molecule has 5 nitrogen and oxygen atoms in total. The zero-order valence-electron chi connectivity index (χ0n) is 16.1. The number of benzene rings is 2. The summed E-state index contributed by atoms with van der Waals surface area (Å²) in [6.45, 7) is 2.04. The Labute approximate surface area is 191 Å². The first-order chi connectivity index (χ1) is 14.7. The van der Waals surface area contributed by atoms with Gasteiger partial charge in [-0.1, -0.05) is 77.3 Å². The van der Waals surface area contributed by atoms with E-state index in [9.17, 15) is 4.79 Å². The number of amides is 1. The van der Waals surface area contributed by atoms with Crippen molar-refractivity contribution in [2.45, 2.75) is 21.4 Å². The van der Waals surface area contributed by atoms with Crippen LogP contribution in [0, 0.1) is 6.92 Å². The summed E-state index contributed by atoms with van der Waals surface area (Å²) in [5.41, 5.74) is 3.83. The van der Waals surface area contributed by atoms with Crippen LogP contribution in [0.25, 0.3) is 10.8 Å². The Morgan fingerprint density at radius 3 is 2.67 bits per heavy atom. The number of carbonyl (C=O) groups excluding carboxylic acids is 1. The van der Waals surface area contributed by atoms with E-state index in [0.29, 0.717) is 0 Å². The van der Waals surface area contributed by atoms with Crippen LogP contribution in [-0.4, -0.2) is 28.1 Å². The van der Waals surface area contributed by atoms with Crippen molar-refractivity contribution in [3.8, 4) is 0 Å². The van der Waals surface area contributed by atoms with Crippen LogP contribution in [0.2, 0.25) is 0 Å². The zero-order chi connectivity index (χ0) is 20.8. The maximum Gasteiger partial charge on any atom is 0.250 e. The van der Waals surface area contributed by atoms with Gasteiger partial charge in [0.05, 0.1) is 12.0 Å². The van der Waals surface area contributed by atoms with E-state index < -0.39 is 0 Å². The number of nitrogens with zero attached hydrogens (tertiary/aromatic N) is 3. The molecule has 0 aliphatic rings. The van der Waals surface area contributed by atoms with Gasteiger partial charge in [-0.05, 0) is 35.4 Å². The van der Waals surface area contributed by atoms with Gasteiger partial charge < -0.3 is 0 Å². The average Bonchev–Trinajstić information content (AvgIpc) is 3.39. The second-order valence-electron chi connectivity index (χ2n) is 6.29. The highest BCUT2D eigenvalue weighted by atomic mass is 32.2. The number of hydrogen-bond donors (Lipinski definition) is 1. The quantitative estimate of drug-likeness (QED) is 0.206. The van der Waals surface area contributed by atoms with E-state index in [4.69, 9.17) is 0 Å². The van der Waals surface area contributed by atoms with Crippen molar-refractivity contribution in [3.05, 3.63) is 69.9 Å². The zero-order valence-corrected chi connectivity index (χ0v) is 19.3. The van der Waals surface area contributed by atoms with Crippen molar-refractivity contribution in [1.82, 2.24) is 15.6 Å². The second kappa shape index (κ2) is 10.2. The summed E-state index contributed by atoms with van der Waals surface area (Å²) in [6, 6.07) is 18.7. The molecule has 2 heterocycles. The van der Waals surface area contributed by atoms with Crippen molar-refractivity contribution >= 4 is 69.1 Å². The second-order valence-corrected chi connectivity index (χ2v) is 11.0. The lowest BCUT2D eigenvalue weighted by molar-refractivity contribution is -0.118. The van der Waals surface area contributed by atoms with Crippen LogP contribution in [-0.2, 0) is 10.5 Å². The lowest BCUT2D eigenvalue weighted by atomic mass is 10.1. The molecule has 0 fully saturated rings. The van der Waals surface area contributed by atoms with Gasteiger partial charge in [0.1, 0.15) is 0 Å². The first-order valence-corrected chi connectivity index (χ1v) is 12.7. The highest BCUT2D eigenvalue weighted by molar-refractivity contribution is 8.03. The van der Waals surface area contributed by atoms with E-state index in [-0.39, 0.29) is 11.7 Å². The van der Waals surface area contributed by atoms with Crippen molar-refractivity contribution in [1.29, 1.82) is 0 Å². The predicted octanol–water partition coefficient (Wildman–Crippen LogP) is 5.60. The predicted molar refractivity (Wildman–Crippen MR) is 129 cm³/mol. The molecule has 0 bridgehead atoms. The Kier molecular flexibility index (Phi) is 7.16. The number of hydrazone groups is 1. The molecule has 0 aliphatic carbocycles. The van der Waals surface area contributed by atoms with Gasteiger partial charge in [0.25, 0.3) is 5.91 Å². The lowest BCUT2D eigenvalue weighted by Crippen LogP contribution is -2.19. The fourth-order valence-corrected chi connectivity index (χ4v) is 6.29. The minimum absolute atomic E-state index is 0.162. The summed E-state index contributed by atoms with van der Waals surface area (Å²) in [7, 11) is 0. The molecule has 152 valence electrons. The summed E-state index contributed by atoms with van der Waals surface area (Å²) < 4.78 is 1.68. The molecule has 9 heteroatoms. The standard InChI is InChI=1S/C21H18N4OS4/c1-14-9-10-17(29-14)11-22-23-19(26)13-28-21-25-24-20(30-21)27-12-16-7-4-6-15-5-2-3-8-18(15)16/h2-11H,12-13H2,1H3,(H,23,26)/b22-11+. The molecular weight excluding hydrogens is 453 g/mol. The van der Waals surface area contributed by atoms with Crippen LogP contribution >= 0.6 is 46.2 Å². The minimum atomic E-state index is -0.162. The molecule has 0 spiro atoms. The molecule has 4 rings (SSSR count). The lowest BCUT2D eigenvalue weighted by Gasteiger charge is -2.04. The third kappa shape index (κ3) is 5.69. The Hall–Kier alpha value is -2.20. The van der Waals surface area contributed by atoms with Gasteiger partial charge in [-0.15, -0.1) is 21.5 Å². The number of thioether (sulfide) groups is 2. The largest absolute Gasteiger partial charge is 0.272 e. The average molecular weight is 471 g/mol. The molecule has 0 saturated heterocycles. The molecule has 0 unspecified atom stereocenters. The van der Waals surface area contributed by atoms with E-state index >= 15 is 0 Å². The summed E-state index contributed by atoms with van der Waals surface area (Å²) in [6.07, 6.45) is 1.66. The molecule has 30 heavy (non-hydrogen) atoms. The fourth-order valence-electron chi connectivity index (χ4n) is 2.72. The highest BCUT2D eigenvalue weighted by Crippen LogP contribution is 2.32. The SMILES string of the molecule is Cc1ccc(/C=N/NC(=O)CSc2nnc(SCc3cccc4ccccc34)s2)s1. The van der Waals surface area contributed by atoms with Crippen LogP contribution in [0.4, 0.5) is 0 Å². The molecule has 1 amide bonds. The number of nitrogens with one attached hydrogen (secondary N) is 1. The molecule has 2 aromatic carbocycles. The van der Waals surface area contributed by atoms with Crippen molar-refractivity contribution in [2.75, 3.05) is 5.75 Å². The van der Waals surface area contributed by atoms with Crippen LogP contribution in [0.15, 0.2) is 68.4 Å². The van der Waals surface area contributed by atoms with E-state index in [0.717, 1.165) is 19.3 Å². The maximum absolute atomic E-state index is 12.0. The number of carbonyl (C=O) groups is 1. The first-order valence-electron chi connectivity index (χ1n) is 9.11. The molecule has 0 atom stereocenters. The number of hydrogen-bond acceptors (Lipinski definition) is 8. The third-order valence-electron chi connectivity index (χ3n) is 4.09. The number of aromatic nitrogens is 2. The van der Waals surface area contributed by atoms with Gasteiger partial charge in [0, 0.05) is 15.5 Å². The van der Waals surface area contributed by atoms with Crippen LogP contribution in [0.5, 0.6) is 0 Å². The smallest absolute Gasteiger partial charge is 0.250 e. The van der Waals surface area contributed by atoms with Crippen molar-refractivity contribution in [2.24, 2.45) is 5.10 Å². The molecule has 4 aromatic rings. The Morgan fingerprint density at radius 2 is 1.83 bits per heavy atom. The Bertz CT molecular complexity index is 1180. The summed E-state index contributed by atoms with van der Waals surface area (Å²) in [5, 5.41) is 14.9. The van der Waals surface area contributed by atoms with Crippen LogP contribution in [0.3, 0.4) is 0 Å². The van der Waals surface area contributed by atoms with Gasteiger partial charge in [0.2, 0.25) is 0 Å². The van der Waals surface area contributed by atoms with Crippen molar-refractivity contribution < 1.29 is 4.79 Å². The Balaban J connectivity index is 1.26. The van der Waals surface area contributed by atoms with E-state index in [1.807, 2.05) is 19.1 Å². The molecule has 0 radical (unpaired) electrons. The fraction of sp³-hybridized carbons (Fsp3) is 0.143. The van der Waals surface area contributed by atoms with Gasteiger partial charge in [-0.25, -0.2) is 5.43 Å². The number of fused-ring (bicyclic) bond motifs is 1. The van der Waals surface area contributed by atoms with Crippen LogP contribution in [0.1, 0.15) is 15.3 Å². The molecule has 0 saturated carbocycles. The van der Waals surface area contributed by atoms with Gasteiger partial charge in [0.15, 0.2) is 8.68 Å². The highest BCUT2D eigenvalue weighted by Gasteiger charge is 2.09. The topological polar surface area (TPSA) is 67.2 Å². The first kappa shape index (κ1) is 21.0. The summed E-state index contributed by atoms with van der Waals surface area (Å²) >= 11 is 6.18. The number of aryl methyl sites for hydroxylation is 1. The van der Waals surface area contributed by atoms with E-state index in [1.165, 1.54) is 44.3 Å². The number of thiophene rings is 1. The summed E-state index contributed by atoms with van der Waals surface area (Å²) in [5.74, 6) is 0.922. The molecular formula is C21H18N4OS4. The Morgan fingerprint density at radius 1 is 1.03 bits per heavy atom. The molecule has 0 aliphatic heterocycles. The van der Waals surface area contributed by atoms with Gasteiger partial charge in [-0.2, -0.15) is 5.10 Å². The van der Waals surface area contributed by atoms with E-state index in [1.54, 1.807) is 29.3 Å². The molecule has 2 aromatic heterocycles. The van der Waals surface area contributed by atoms with Crippen molar-refractivity contribution in [3.63, 3.8) is 0 Å². The van der Waals surface area contributed by atoms with Gasteiger partial charge >= 0.3 is 0 Å². The van der Waals surface area contributed by atoms with E-state index in [2.05, 4.69) is 63.2 Å². The summed E-state index contributed by atoms with van der Waals surface area (Å²) in [4.78, 5) is 14.2. The van der Waals surface area contributed by atoms with Crippen LogP contribution < -0.4 is 5.43 Å². The maximum atomic E-state index is 12.0.